The number of nitrogens with zero attached hydrogens (tertiary/aromatic N) is 1. The minimum absolute atomic E-state index is 0.201. The molecule has 9 heteroatoms. The lowest BCUT2D eigenvalue weighted by molar-refractivity contribution is -0.124. The van der Waals surface area contributed by atoms with Gasteiger partial charge in [0.15, 0.2) is 18.1 Å². The van der Waals surface area contributed by atoms with Gasteiger partial charge in [-0.05, 0) is 36.4 Å². The number of aromatic nitrogens is 1. The van der Waals surface area contributed by atoms with E-state index in [0.717, 1.165) is 0 Å². The SMILES string of the molecule is COc1cc(-c2cc(C(=O)OCC(=O)NCc3ccco3)c3ccccc3n2)cc(OC)c1OC. The van der Waals surface area contributed by atoms with Crippen LogP contribution in [-0.2, 0) is 16.1 Å². The smallest absolute Gasteiger partial charge is 0.339 e. The zero-order valence-corrected chi connectivity index (χ0v) is 19.5. The number of furan rings is 1. The Hall–Kier alpha value is -4.53. The summed E-state index contributed by atoms with van der Waals surface area (Å²) in [6.07, 6.45) is 1.52. The van der Waals surface area contributed by atoms with Crippen molar-refractivity contribution in [3.05, 3.63) is 72.2 Å². The normalized spacial score (nSPS) is 10.6. The van der Waals surface area contributed by atoms with Gasteiger partial charge in [0.05, 0.1) is 50.9 Å². The number of rotatable bonds is 9. The molecule has 0 spiro atoms. The maximum atomic E-state index is 13.0. The molecule has 1 amide bonds. The summed E-state index contributed by atoms with van der Waals surface area (Å²) in [6.45, 7) is -0.234. The summed E-state index contributed by atoms with van der Waals surface area (Å²) in [6, 6.07) is 15.8. The molecule has 2 aromatic heterocycles. The molecule has 9 nitrogen and oxygen atoms in total. The van der Waals surface area contributed by atoms with Gasteiger partial charge in [-0.25, -0.2) is 9.78 Å². The Bertz CT molecular complexity index is 1320. The average Bonchev–Trinajstić information content (AvgIpc) is 3.42. The van der Waals surface area contributed by atoms with Gasteiger partial charge in [0.2, 0.25) is 5.75 Å². The summed E-state index contributed by atoms with van der Waals surface area (Å²) in [4.78, 5) is 29.9. The van der Waals surface area contributed by atoms with E-state index in [1.54, 1.807) is 48.5 Å². The van der Waals surface area contributed by atoms with E-state index in [9.17, 15) is 9.59 Å². The molecule has 0 aliphatic carbocycles. The molecule has 0 saturated heterocycles. The Morgan fingerprint density at radius 3 is 2.34 bits per heavy atom. The number of hydrogen-bond acceptors (Lipinski definition) is 8. The van der Waals surface area contributed by atoms with Crippen molar-refractivity contribution < 1.29 is 33.0 Å². The fraction of sp³-hybridized carbons (Fsp3) is 0.192. The second-order valence-corrected chi connectivity index (χ2v) is 7.42. The molecule has 0 unspecified atom stereocenters. The van der Waals surface area contributed by atoms with Crippen LogP contribution >= 0.6 is 0 Å². The van der Waals surface area contributed by atoms with Crippen LogP contribution < -0.4 is 19.5 Å². The lowest BCUT2D eigenvalue weighted by Gasteiger charge is -2.15. The Labute approximate surface area is 201 Å². The summed E-state index contributed by atoms with van der Waals surface area (Å²) < 4.78 is 26.8. The molecule has 0 aliphatic rings. The van der Waals surface area contributed by atoms with Crippen molar-refractivity contribution in [3.63, 3.8) is 0 Å². The molecule has 1 N–H and O–H groups in total. The Kier molecular flexibility index (Phi) is 7.15. The van der Waals surface area contributed by atoms with Crippen molar-refractivity contribution >= 4 is 22.8 Å². The van der Waals surface area contributed by atoms with Crippen molar-refractivity contribution in [1.82, 2.24) is 10.3 Å². The lowest BCUT2D eigenvalue weighted by Crippen LogP contribution is -2.28. The van der Waals surface area contributed by atoms with Crippen LogP contribution in [0.4, 0.5) is 0 Å². The number of esters is 1. The number of fused-ring (bicyclic) bond motifs is 1. The quantitative estimate of drug-likeness (QED) is 0.361. The first kappa shape index (κ1) is 23.6. The van der Waals surface area contributed by atoms with Gasteiger partial charge in [-0.15, -0.1) is 0 Å². The zero-order valence-electron chi connectivity index (χ0n) is 19.5. The van der Waals surface area contributed by atoms with Crippen LogP contribution in [-0.4, -0.2) is 44.8 Å². The van der Waals surface area contributed by atoms with Gasteiger partial charge >= 0.3 is 5.97 Å². The van der Waals surface area contributed by atoms with Crippen LogP contribution in [0.5, 0.6) is 17.2 Å². The fourth-order valence-electron chi connectivity index (χ4n) is 3.58. The van der Waals surface area contributed by atoms with E-state index >= 15 is 0 Å². The van der Waals surface area contributed by atoms with Gasteiger partial charge in [0.1, 0.15) is 5.76 Å². The number of carbonyl (C=O) groups excluding carboxylic acids is 2. The van der Waals surface area contributed by atoms with E-state index in [2.05, 4.69) is 5.32 Å². The zero-order chi connectivity index (χ0) is 24.8. The average molecular weight is 476 g/mol. The minimum Gasteiger partial charge on any atom is -0.493 e. The fourth-order valence-corrected chi connectivity index (χ4v) is 3.58. The van der Waals surface area contributed by atoms with Crippen LogP contribution in [0.2, 0.25) is 0 Å². The van der Waals surface area contributed by atoms with Crippen LogP contribution in [0.1, 0.15) is 16.1 Å². The highest BCUT2D eigenvalue weighted by Crippen LogP contribution is 2.41. The number of nitrogens with one attached hydrogen (secondary N) is 1. The minimum atomic E-state index is -0.648. The number of benzene rings is 2. The van der Waals surface area contributed by atoms with Gasteiger partial charge in [-0.1, -0.05) is 18.2 Å². The number of pyridine rings is 1. The van der Waals surface area contributed by atoms with Gasteiger partial charge in [-0.2, -0.15) is 0 Å². The van der Waals surface area contributed by atoms with Crippen LogP contribution in [0.3, 0.4) is 0 Å². The molecule has 0 atom stereocenters. The third-order valence-corrected chi connectivity index (χ3v) is 5.27. The second-order valence-electron chi connectivity index (χ2n) is 7.42. The van der Waals surface area contributed by atoms with E-state index in [0.29, 0.717) is 45.2 Å². The topological polar surface area (TPSA) is 109 Å². The number of methoxy groups -OCH3 is 3. The largest absolute Gasteiger partial charge is 0.493 e. The Morgan fingerprint density at radius 2 is 1.69 bits per heavy atom. The first-order valence-corrected chi connectivity index (χ1v) is 10.7. The van der Waals surface area contributed by atoms with Crippen molar-refractivity contribution in [1.29, 1.82) is 0 Å². The number of ether oxygens (including phenoxy) is 4. The molecular weight excluding hydrogens is 452 g/mol. The molecular formula is C26H24N2O7. The third kappa shape index (κ3) is 5.19. The van der Waals surface area contributed by atoms with E-state index in [4.69, 9.17) is 28.3 Å². The summed E-state index contributed by atoms with van der Waals surface area (Å²) in [5.41, 5.74) is 2.01. The summed E-state index contributed by atoms with van der Waals surface area (Å²) in [5.74, 6) is 0.853. The lowest BCUT2D eigenvalue weighted by atomic mass is 10.0. The predicted molar refractivity (Wildman–Crippen MR) is 128 cm³/mol. The van der Waals surface area contributed by atoms with Crippen molar-refractivity contribution in [2.75, 3.05) is 27.9 Å². The highest BCUT2D eigenvalue weighted by atomic mass is 16.5. The predicted octanol–water partition coefficient (Wildman–Crippen LogP) is 3.99. The molecule has 4 rings (SSSR count). The summed E-state index contributed by atoms with van der Waals surface area (Å²) in [7, 11) is 4.57. The highest BCUT2D eigenvalue weighted by Gasteiger charge is 2.19. The molecule has 0 fully saturated rings. The number of amides is 1. The monoisotopic (exact) mass is 476 g/mol. The Morgan fingerprint density at radius 1 is 0.943 bits per heavy atom. The van der Waals surface area contributed by atoms with Crippen molar-refractivity contribution in [3.8, 4) is 28.5 Å². The summed E-state index contributed by atoms with van der Waals surface area (Å²) >= 11 is 0. The van der Waals surface area contributed by atoms with E-state index in [-0.39, 0.29) is 12.1 Å². The number of para-hydroxylation sites is 1. The van der Waals surface area contributed by atoms with Gasteiger partial charge < -0.3 is 28.7 Å². The van der Waals surface area contributed by atoms with Crippen molar-refractivity contribution in [2.45, 2.75) is 6.54 Å². The van der Waals surface area contributed by atoms with E-state index < -0.39 is 18.5 Å². The number of carbonyl (C=O) groups is 2. The van der Waals surface area contributed by atoms with Gasteiger partial charge in [0, 0.05) is 10.9 Å². The van der Waals surface area contributed by atoms with Crippen LogP contribution in [0.25, 0.3) is 22.2 Å². The molecule has 0 saturated carbocycles. The maximum absolute atomic E-state index is 13.0. The van der Waals surface area contributed by atoms with E-state index in [1.807, 2.05) is 6.07 Å². The Balaban J connectivity index is 1.62. The second kappa shape index (κ2) is 10.6. The van der Waals surface area contributed by atoms with E-state index in [1.165, 1.54) is 27.6 Å². The molecule has 0 aliphatic heterocycles. The van der Waals surface area contributed by atoms with Crippen molar-refractivity contribution in [2.24, 2.45) is 0 Å². The molecule has 4 aromatic rings. The van der Waals surface area contributed by atoms with Gasteiger partial charge in [0.25, 0.3) is 5.91 Å². The molecule has 0 radical (unpaired) electrons. The first-order valence-electron chi connectivity index (χ1n) is 10.7. The molecule has 0 bridgehead atoms. The first-order chi connectivity index (χ1) is 17.0. The molecule has 180 valence electrons. The molecule has 2 aromatic carbocycles. The maximum Gasteiger partial charge on any atom is 0.339 e. The number of hydrogen-bond donors (Lipinski definition) is 1. The van der Waals surface area contributed by atoms with Crippen LogP contribution in [0.15, 0.2) is 65.3 Å². The molecule has 2 heterocycles. The van der Waals surface area contributed by atoms with Crippen LogP contribution in [0, 0.1) is 0 Å². The third-order valence-electron chi connectivity index (χ3n) is 5.27. The standard InChI is InChI=1S/C26H24N2O7/c1-31-22-11-16(12-23(32-2)25(22)33-3)21-13-19(18-8-4-5-9-20(18)28-21)26(30)35-15-24(29)27-14-17-7-6-10-34-17/h4-13H,14-15H2,1-3H3,(H,27,29). The molecule has 35 heavy (non-hydrogen) atoms. The summed E-state index contributed by atoms with van der Waals surface area (Å²) in [5, 5.41) is 3.24. The van der Waals surface area contributed by atoms with Gasteiger partial charge in [-0.3, -0.25) is 4.79 Å². The highest BCUT2D eigenvalue weighted by molar-refractivity contribution is 6.05.